The molecule has 0 aliphatic heterocycles. The number of hydrogen-bond donors (Lipinski definition) is 3. The van der Waals surface area contributed by atoms with Gasteiger partial charge in [-0.15, -0.1) is 0 Å². The van der Waals surface area contributed by atoms with E-state index in [1.165, 1.54) is 6.42 Å². The SMILES string of the molecule is N/C(=N\O)c1cccnc1NC1CCC1. The van der Waals surface area contributed by atoms with Gasteiger partial charge in [-0.3, -0.25) is 0 Å². The number of hydrogen-bond acceptors (Lipinski definition) is 4. The lowest BCUT2D eigenvalue weighted by atomic mass is 9.93. The molecule has 0 radical (unpaired) electrons. The highest BCUT2D eigenvalue weighted by Crippen LogP contribution is 2.23. The van der Waals surface area contributed by atoms with Gasteiger partial charge in [-0.05, 0) is 31.4 Å². The maximum Gasteiger partial charge on any atom is 0.173 e. The summed E-state index contributed by atoms with van der Waals surface area (Å²) in [5.41, 5.74) is 6.20. The molecule has 1 aromatic rings. The Labute approximate surface area is 88.0 Å². The van der Waals surface area contributed by atoms with Gasteiger partial charge in [-0.1, -0.05) is 5.16 Å². The van der Waals surface area contributed by atoms with E-state index in [0.29, 0.717) is 17.4 Å². The topological polar surface area (TPSA) is 83.5 Å². The van der Waals surface area contributed by atoms with Crippen LogP contribution in [0.5, 0.6) is 0 Å². The van der Waals surface area contributed by atoms with Crippen LogP contribution in [0.3, 0.4) is 0 Å². The van der Waals surface area contributed by atoms with Gasteiger partial charge in [-0.25, -0.2) is 4.98 Å². The quantitative estimate of drug-likeness (QED) is 0.300. The first kappa shape index (κ1) is 9.76. The van der Waals surface area contributed by atoms with Crippen molar-refractivity contribution in [2.75, 3.05) is 5.32 Å². The molecule has 4 N–H and O–H groups in total. The fraction of sp³-hybridized carbons (Fsp3) is 0.400. The minimum atomic E-state index is 0.0879. The monoisotopic (exact) mass is 206 g/mol. The van der Waals surface area contributed by atoms with Gasteiger partial charge in [-0.2, -0.15) is 0 Å². The lowest BCUT2D eigenvalue weighted by Gasteiger charge is -2.27. The molecule has 5 heteroatoms. The summed E-state index contributed by atoms with van der Waals surface area (Å²) in [6.07, 6.45) is 5.26. The minimum Gasteiger partial charge on any atom is -0.409 e. The molecule has 2 rings (SSSR count). The molecule has 0 aromatic carbocycles. The van der Waals surface area contributed by atoms with E-state index in [1.807, 2.05) is 0 Å². The summed E-state index contributed by atoms with van der Waals surface area (Å²) in [4.78, 5) is 4.19. The third kappa shape index (κ3) is 2.01. The minimum absolute atomic E-state index is 0.0879. The van der Waals surface area contributed by atoms with Gasteiger partial charge in [0.1, 0.15) is 5.82 Å². The van der Waals surface area contributed by atoms with Gasteiger partial charge in [0.05, 0.1) is 5.56 Å². The molecule has 0 atom stereocenters. The molecule has 5 nitrogen and oxygen atoms in total. The number of nitrogens with two attached hydrogens (primary N) is 1. The van der Waals surface area contributed by atoms with Crippen LogP contribution in [-0.4, -0.2) is 22.1 Å². The first-order valence-electron chi connectivity index (χ1n) is 5.00. The summed E-state index contributed by atoms with van der Waals surface area (Å²) < 4.78 is 0. The van der Waals surface area contributed by atoms with Gasteiger partial charge >= 0.3 is 0 Å². The Morgan fingerprint density at radius 3 is 3.00 bits per heavy atom. The Hall–Kier alpha value is -1.78. The summed E-state index contributed by atoms with van der Waals surface area (Å²) in [7, 11) is 0. The van der Waals surface area contributed by atoms with Gasteiger partial charge in [0.2, 0.25) is 0 Å². The van der Waals surface area contributed by atoms with Crippen LogP contribution < -0.4 is 11.1 Å². The first-order valence-corrected chi connectivity index (χ1v) is 5.00. The number of rotatable bonds is 3. The van der Waals surface area contributed by atoms with Crippen LogP contribution in [0.15, 0.2) is 23.5 Å². The second kappa shape index (κ2) is 4.16. The molecular formula is C10H14N4O. The summed E-state index contributed by atoms with van der Waals surface area (Å²) in [6.45, 7) is 0. The molecule has 15 heavy (non-hydrogen) atoms. The highest BCUT2D eigenvalue weighted by atomic mass is 16.4. The maximum absolute atomic E-state index is 8.63. The van der Waals surface area contributed by atoms with Crippen LogP contribution in [0.4, 0.5) is 5.82 Å². The molecule has 0 amide bonds. The lowest BCUT2D eigenvalue weighted by molar-refractivity contribution is 0.318. The molecule has 1 saturated carbocycles. The standard InChI is InChI=1S/C10H14N4O/c11-9(14-15)8-5-2-6-12-10(8)13-7-3-1-4-7/h2,5-7,15H,1,3-4H2,(H2,11,14)(H,12,13). The van der Waals surface area contributed by atoms with Crippen molar-refractivity contribution >= 4 is 11.7 Å². The third-order valence-electron chi connectivity index (χ3n) is 2.64. The lowest BCUT2D eigenvalue weighted by Crippen LogP contribution is -2.29. The second-order valence-corrected chi connectivity index (χ2v) is 3.66. The third-order valence-corrected chi connectivity index (χ3v) is 2.64. The fourth-order valence-corrected chi connectivity index (χ4v) is 1.53. The highest BCUT2D eigenvalue weighted by Gasteiger charge is 2.19. The van der Waals surface area contributed by atoms with Gasteiger partial charge < -0.3 is 16.3 Å². The predicted octanol–water partition coefficient (Wildman–Crippen LogP) is 1.14. The Morgan fingerprint density at radius 2 is 2.40 bits per heavy atom. The summed E-state index contributed by atoms with van der Waals surface area (Å²) in [5.74, 6) is 0.780. The van der Waals surface area contributed by atoms with E-state index in [-0.39, 0.29) is 5.84 Å². The zero-order chi connectivity index (χ0) is 10.7. The number of oxime groups is 1. The molecule has 0 unspecified atom stereocenters. The van der Waals surface area contributed by atoms with Crippen molar-refractivity contribution in [3.63, 3.8) is 0 Å². The normalized spacial score (nSPS) is 17.2. The summed E-state index contributed by atoms with van der Waals surface area (Å²) in [6, 6.07) is 4.02. The molecule has 0 saturated heterocycles. The molecule has 1 fully saturated rings. The van der Waals surface area contributed by atoms with Crippen LogP contribution in [-0.2, 0) is 0 Å². The average molecular weight is 206 g/mol. The number of pyridine rings is 1. The highest BCUT2D eigenvalue weighted by molar-refractivity contribution is 6.01. The van der Waals surface area contributed by atoms with Crippen LogP contribution in [0.1, 0.15) is 24.8 Å². The Kier molecular flexibility index (Phi) is 2.71. The van der Waals surface area contributed by atoms with Crippen molar-refractivity contribution in [3.8, 4) is 0 Å². The molecule has 1 heterocycles. The van der Waals surface area contributed by atoms with E-state index in [4.69, 9.17) is 10.9 Å². The molecule has 1 aliphatic rings. The Morgan fingerprint density at radius 1 is 1.60 bits per heavy atom. The van der Waals surface area contributed by atoms with E-state index in [2.05, 4.69) is 15.5 Å². The van der Waals surface area contributed by atoms with Crippen molar-refractivity contribution in [1.29, 1.82) is 0 Å². The largest absolute Gasteiger partial charge is 0.409 e. The van der Waals surface area contributed by atoms with E-state index < -0.39 is 0 Å². The van der Waals surface area contributed by atoms with Crippen LogP contribution in [0.25, 0.3) is 0 Å². The van der Waals surface area contributed by atoms with Gasteiger partial charge in [0.25, 0.3) is 0 Å². The van der Waals surface area contributed by atoms with Gasteiger partial charge in [0.15, 0.2) is 5.84 Å². The van der Waals surface area contributed by atoms with Crippen LogP contribution >= 0.6 is 0 Å². The summed E-state index contributed by atoms with van der Waals surface area (Å²) in [5, 5.41) is 14.9. The number of anilines is 1. The predicted molar refractivity (Wildman–Crippen MR) is 58.0 cm³/mol. The van der Waals surface area contributed by atoms with Crippen molar-refractivity contribution in [3.05, 3.63) is 23.9 Å². The van der Waals surface area contributed by atoms with Crippen LogP contribution in [0, 0.1) is 0 Å². The smallest absolute Gasteiger partial charge is 0.173 e. The average Bonchev–Trinajstić information content (AvgIpc) is 2.23. The van der Waals surface area contributed by atoms with E-state index in [1.54, 1.807) is 18.3 Å². The van der Waals surface area contributed by atoms with E-state index in [9.17, 15) is 0 Å². The zero-order valence-electron chi connectivity index (χ0n) is 8.35. The second-order valence-electron chi connectivity index (χ2n) is 3.66. The Balaban J connectivity index is 2.20. The van der Waals surface area contributed by atoms with Crippen LogP contribution in [0.2, 0.25) is 0 Å². The fourth-order valence-electron chi connectivity index (χ4n) is 1.53. The van der Waals surface area contributed by atoms with Crippen molar-refractivity contribution < 1.29 is 5.21 Å². The van der Waals surface area contributed by atoms with Gasteiger partial charge in [0, 0.05) is 12.2 Å². The maximum atomic E-state index is 8.63. The van der Waals surface area contributed by atoms with Crippen molar-refractivity contribution in [1.82, 2.24) is 4.98 Å². The van der Waals surface area contributed by atoms with E-state index >= 15 is 0 Å². The van der Waals surface area contributed by atoms with Crippen molar-refractivity contribution in [2.24, 2.45) is 10.9 Å². The molecule has 80 valence electrons. The van der Waals surface area contributed by atoms with Crippen molar-refractivity contribution in [2.45, 2.75) is 25.3 Å². The molecule has 0 spiro atoms. The van der Waals surface area contributed by atoms with E-state index in [0.717, 1.165) is 12.8 Å². The zero-order valence-corrected chi connectivity index (χ0v) is 8.35. The molecule has 0 bridgehead atoms. The molecule has 1 aromatic heterocycles. The molecule has 1 aliphatic carbocycles. The number of amidine groups is 1. The number of nitrogens with one attached hydrogen (secondary N) is 1. The Bertz CT molecular complexity index is 373. The molecular weight excluding hydrogens is 192 g/mol. The summed E-state index contributed by atoms with van der Waals surface area (Å²) >= 11 is 0. The number of nitrogens with zero attached hydrogens (tertiary/aromatic N) is 2. The first-order chi connectivity index (χ1) is 7.31. The number of aromatic nitrogens is 1.